The Morgan fingerprint density at radius 1 is 0.964 bits per heavy atom. The van der Waals surface area contributed by atoms with Gasteiger partial charge in [-0.05, 0) is 36.4 Å². The smallest absolute Gasteiger partial charge is 0.229 e. The molecule has 0 bridgehead atoms. The summed E-state index contributed by atoms with van der Waals surface area (Å²) < 4.78 is 24.8. The average Bonchev–Trinajstić information content (AvgIpc) is 2.67. The Balaban J connectivity index is 1.42. The molecular formula is C21H23N3O3S. The number of para-hydroxylation sites is 1. The van der Waals surface area contributed by atoms with Crippen molar-refractivity contribution in [3.05, 3.63) is 71.9 Å². The summed E-state index contributed by atoms with van der Waals surface area (Å²) in [6, 6.07) is 18.6. The molecule has 7 heteroatoms. The Bertz CT molecular complexity index is 1060. The van der Waals surface area contributed by atoms with Gasteiger partial charge in [-0.3, -0.25) is 14.5 Å². The number of hydrogen-bond donors (Lipinski definition) is 2. The lowest BCUT2D eigenvalue weighted by Gasteiger charge is -2.07. The minimum Gasteiger partial charge on any atom is -0.316 e. The number of fused-ring (bicyclic) bond motifs is 1. The molecule has 0 radical (unpaired) electrons. The number of hydrogen-bond acceptors (Lipinski definition) is 5. The van der Waals surface area contributed by atoms with Crippen LogP contribution in [0, 0.1) is 0 Å². The molecule has 0 aliphatic carbocycles. The largest absolute Gasteiger partial charge is 0.316 e. The Kier molecular flexibility index (Phi) is 6.38. The molecule has 0 aliphatic heterocycles. The van der Waals surface area contributed by atoms with Gasteiger partial charge < -0.3 is 5.32 Å². The third kappa shape index (κ3) is 5.87. The van der Waals surface area contributed by atoms with E-state index in [1.807, 2.05) is 30.3 Å². The lowest BCUT2D eigenvalue weighted by molar-refractivity contribution is 0.0982. The number of carbonyl (C=O) groups excluding carboxylic acids is 1. The molecule has 28 heavy (non-hydrogen) atoms. The van der Waals surface area contributed by atoms with Gasteiger partial charge in [0.05, 0.1) is 11.8 Å². The van der Waals surface area contributed by atoms with E-state index in [2.05, 4.69) is 21.1 Å². The molecular weight excluding hydrogens is 374 g/mol. The molecule has 6 nitrogen and oxygen atoms in total. The zero-order chi connectivity index (χ0) is 20.0. The van der Waals surface area contributed by atoms with Gasteiger partial charge in [0.15, 0.2) is 5.78 Å². The van der Waals surface area contributed by atoms with Gasteiger partial charge in [0, 0.05) is 48.3 Å². The summed E-state index contributed by atoms with van der Waals surface area (Å²) in [5, 5.41) is 4.40. The second kappa shape index (κ2) is 8.95. The first kappa shape index (κ1) is 20.0. The van der Waals surface area contributed by atoms with Crippen LogP contribution in [0.2, 0.25) is 0 Å². The highest BCUT2D eigenvalue weighted by Gasteiger charge is 2.07. The first-order valence-corrected chi connectivity index (χ1v) is 11.0. The molecule has 146 valence electrons. The molecule has 0 unspecified atom stereocenters. The van der Waals surface area contributed by atoms with Crippen molar-refractivity contribution in [1.82, 2.24) is 10.3 Å². The van der Waals surface area contributed by atoms with Crippen LogP contribution < -0.4 is 10.0 Å². The Labute approximate surface area is 165 Å². The number of nitrogens with one attached hydrogen (secondary N) is 2. The summed E-state index contributed by atoms with van der Waals surface area (Å²) in [5.74, 6) is 0.0160. The van der Waals surface area contributed by atoms with Crippen LogP contribution >= 0.6 is 0 Å². The lowest BCUT2D eigenvalue weighted by Crippen LogP contribution is -2.21. The minimum atomic E-state index is -3.32. The van der Waals surface area contributed by atoms with Gasteiger partial charge in [-0.25, -0.2) is 8.42 Å². The first-order valence-electron chi connectivity index (χ1n) is 9.07. The van der Waals surface area contributed by atoms with Crippen molar-refractivity contribution in [1.29, 1.82) is 0 Å². The summed E-state index contributed by atoms with van der Waals surface area (Å²) in [5.41, 5.74) is 3.02. The molecule has 1 aromatic heterocycles. The van der Waals surface area contributed by atoms with E-state index in [0.717, 1.165) is 35.8 Å². The van der Waals surface area contributed by atoms with Crippen molar-refractivity contribution in [2.75, 3.05) is 24.1 Å². The number of benzene rings is 2. The van der Waals surface area contributed by atoms with Crippen LogP contribution in [-0.4, -0.2) is 38.5 Å². The number of pyridine rings is 1. The molecule has 0 atom stereocenters. The average molecular weight is 398 g/mol. The van der Waals surface area contributed by atoms with E-state index in [1.54, 1.807) is 24.3 Å². The van der Waals surface area contributed by atoms with Crippen LogP contribution in [0.4, 0.5) is 5.69 Å². The molecule has 3 rings (SSSR count). The number of anilines is 1. The van der Waals surface area contributed by atoms with Crippen molar-refractivity contribution in [3.63, 3.8) is 0 Å². The Hall–Kier alpha value is -2.77. The van der Waals surface area contributed by atoms with Crippen molar-refractivity contribution >= 4 is 32.4 Å². The van der Waals surface area contributed by atoms with Gasteiger partial charge in [-0.1, -0.05) is 24.3 Å². The molecule has 2 N–H and O–H groups in total. The van der Waals surface area contributed by atoms with Crippen LogP contribution in [0.25, 0.3) is 10.9 Å². The van der Waals surface area contributed by atoms with Crippen molar-refractivity contribution < 1.29 is 13.2 Å². The van der Waals surface area contributed by atoms with Gasteiger partial charge in [0.2, 0.25) is 10.0 Å². The number of carbonyl (C=O) groups is 1. The van der Waals surface area contributed by atoms with Gasteiger partial charge in [0.1, 0.15) is 0 Å². The topological polar surface area (TPSA) is 88.2 Å². The van der Waals surface area contributed by atoms with E-state index in [-0.39, 0.29) is 5.78 Å². The summed E-state index contributed by atoms with van der Waals surface area (Å²) in [6.07, 6.45) is 2.26. The van der Waals surface area contributed by atoms with E-state index >= 15 is 0 Å². The Morgan fingerprint density at radius 3 is 2.46 bits per heavy atom. The van der Waals surface area contributed by atoms with Crippen molar-refractivity contribution in [2.24, 2.45) is 0 Å². The molecule has 0 aliphatic rings. The van der Waals surface area contributed by atoms with Gasteiger partial charge in [-0.15, -0.1) is 0 Å². The predicted molar refractivity (Wildman–Crippen MR) is 112 cm³/mol. The minimum absolute atomic E-state index is 0.0160. The monoisotopic (exact) mass is 397 g/mol. The number of rotatable bonds is 9. The third-order valence-electron chi connectivity index (χ3n) is 4.25. The van der Waals surface area contributed by atoms with Gasteiger partial charge >= 0.3 is 0 Å². The van der Waals surface area contributed by atoms with Crippen molar-refractivity contribution in [2.45, 2.75) is 12.8 Å². The molecule has 1 heterocycles. The number of aromatic nitrogens is 1. The van der Waals surface area contributed by atoms with Crippen LogP contribution in [0.1, 0.15) is 22.5 Å². The highest BCUT2D eigenvalue weighted by Crippen LogP contribution is 2.13. The van der Waals surface area contributed by atoms with Crippen LogP contribution in [0.3, 0.4) is 0 Å². The molecule has 2 aromatic carbocycles. The number of nitrogens with zero attached hydrogens (tertiary/aromatic N) is 1. The third-order valence-corrected chi connectivity index (χ3v) is 4.86. The first-order chi connectivity index (χ1) is 13.4. The molecule has 0 fully saturated rings. The molecule has 0 spiro atoms. The van der Waals surface area contributed by atoms with E-state index in [9.17, 15) is 13.2 Å². The Morgan fingerprint density at radius 2 is 1.71 bits per heavy atom. The number of sulfonamides is 1. The maximum Gasteiger partial charge on any atom is 0.229 e. The zero-order valence-corrected chi connectivity index (χ0v) is 16.5. The van der Waals surface area contributed by atoms with Gasteiger partial charge in [-0.2, -0.15) is 0 Å². The second-order valence-corrected chi connectivity index (χ2v) is 8.37. The molecule has 0 saturated carbocycles. The normalized spacial score (nSPS) is 11.5. The van der Waals surface area contributed by atoms with Crippen LogP contribution in [0.5, 0.6) is 0 Å². The second-order valence-electron chi connectivity index (χ2n) is 6.62. The molecule has 0 amide bonds. The predicted octanol–water partition coefficient (Wildman–Crippen LogP) is 3.01. The standard InChI is InChI=1S/C21H23N3O3S/c1-28(26,27)24-19-10-7-17(8-11-19)21(25)13-15-22-14-12-18-9-6-16-4-2-3-5-20(16)23-18/h2-11,22,24H,12-15H2,1H3. The van der Waals surface area contributed by atoms with Crippen molar-refractivity contribution in [3.8, 4) is 0 Å². The van der Waals surface area contributed by atoms with Gasteiger partial charge in [0.25, 0.3) is 0 Å². The highest BCUT2D eigenvalue weighted by molar-refractivity contribution is 7.92. The molecule has 3 aromatic rings. The fourth-order valence-electron chi connectivity index (χ4n) is 2.87. The summed E-state index contributed by atoms with van der Waals surface area (Å²) in [7, 11) is -3.32. The maximum absolute atomic E-state index is 12.2. The SMILES string of the molecule is CS(=O)(=O)Nc1ccc(C(=O)CCNCCc2ccc3ccccc3n2)cc1. The fourth-order valence-corrected chi connectivity index (χ4v) is 3.44. The van der Waals surface area contributed by atoms with Crippen LogP contribution in [-0.2, 0) is 16.4 Å². The summed E-state index contributed by atoms with van der Waals surface area (Å²) in [6.45, 7) is 1.32. The fraction of sp³-hybridized carbons (Fsp3) is 0.238. The van der Waals surface area contributed by atoms with E-state index in [0.29, 0.717) is 24.2 Å². The van der Waals surface area contributed by atoms with E-state index < -0.39 is 10.0 Å². The quantitative estimate of drug-likeness (QED) is 0.428. The van der Waals surface area contributed by atoms with E-state index in [4.69, 9.17) is 0 Å². The number of Topliss-reactive ketones (excluding diaryl/α,β-unsaturated/α-hetero) is 1. The lowest BCUT2D eigenvalue weighted by atomic mass is 10.1. The number of ketones is 1. The molecule has 0 saturated heterocycles. The van der Waals surface area contributed by atoms with E-state index in [1.165, 1.54) is 0 Å². The van der Waals surface area contributed by atoms with Crippen LogP contribution in [0.15, 0.2) is 60.7 Å². The summed E-state index contributed by atoms with van der Waals surface area (Å²) in [4.78, 5) is 16.9. The highest BCUT2D eigenvalue weighted by atomic mass is 32.2. The zero-order valence-electron chi connectivity index (χ0n) is 15.7. The summed E-state index contributed by atoms with van der Waals surface area (Å²) >= 11 is 0. The maximum atomic E-state index is 12.2.